The number of oxazole rings is 1. The lowest BCUT2D eigenvalue weighted by Crippen LogP contribution is -2.18. The van der Waals surface area contributed by atoms with Gasteiger partial charge >= 0.3 is 0 Å². The van der Waals surface area contributed by atoms with Crippen molar-refractivity contribution in [1.29, 1.82) is 0 Å². The number of hydrogen-bond donors (Lipinski definition) is 1. The fourth-order valence-electron chi connectivity index (χ4n) is 2.67. The van der Waals surface area contributed by atoms with Gasteiger partial charge in [0.1, 0.15) is 5.52 Å². The van der Waals surface area contributed by atoms with E-state index in [2.05, 4.69) is 29.2 Å². The number of nitrogens with two attached hydrogens (primary N) is 1. The van der Waals surface area contributed by atoms with Crippen LogP contribution in [0, 0.1) is 0 Å². The summed E-state index contributed by atoms with van der Waals surface area (Å²) in [5.41, 5.74) is 11.1. The van der Waals surface area contributed by atoms with Crippen molar-refractivity contribution in [2.45, 2.75) is 17.6 Å². The van der Waals surface area contributed by atoms with Crippen LogP contribution in [0.2, 0.25) is 0 Å². The molecule has 0 fully saturated rings. The maximum Gasteiger partial charge on any atom is 0.256 e. The highest BCUT2D eigenvalue weighted by Crippen LogP contribution is 2.38. The van der Waals surface area contributed by atoms with Crippen molar-refractivity contribution >= 4 is 28.5 Å². The molecule has 2 aromatic carbocycles. The van der Waals surface area contributed by atoms with Gasteiger partial charge in [-0.25, -0.2) is 4.98 Å². The molecule has 1 atom stereocenters. The van der Waals surface area contributed by atoms with Crippen LogP contribution >= 0.6 is 11.8 Å². The van der Waals surface area contributed by atoms with Crippen molar-refractivity contribution < 1.29 is 4.42 Å². The molecule has 3 nitrogen and oxygen atoms in total. The number of aromatic nitrogens is 1. The number of rotatable bonds is 3. The standard InChI is InChI=1S/C16H14N2OS/c17-12-5-6-15-14(8-12)18-16(19-15)20-9-11-7-10-3-1-2-4-13(10)11/h1-6,8,11H,7,9,17H2. The Kier molecular flexibility index (Phi) is 2.70. The van der Waals surface area contributed by atoms with E-state index in [-0.39, 0.29) is 0 Å². The summed E-state index contributed by atoms with van der Waals surface area (Å²) in [7, 11) is 0. The Morgan fingerprint density at radius 1 is 1.25 bits per heavy atom. The molecule has 0 aliphatic heterocycles. The average molecular weight is 282 g/mol. The number of anilines is 1. The topological polar surface area (TPSA) is 52.0 Å². The highest BCUT2D eigenvalue weighted by molar-refractivity contribution is 7.99. The molecule has 0 radical (unpaired) electrons. The Hall–Kier alpha value is -1.94. The number of fused-ring (bicyclic) bond motifs is 2. The average Bonchev–Trinajstić information content (AvgIpc) is 2.81. The van der Waals surface area contributed by atoms with Crippen LogP contribution in [0.25, 0.3) is 11.1 Å². The van der Waals surface area contributed by atoms with Crippen LogP contribution in [0.4, 0.5) is 5.69 Å². The zero-order chi connectivity index (χ0) is 13.5. The van der Waals surface area contributed by atoms with Gasteiger partial charge in [0.05, 0.1) is 0 Å². The number of nitrogen functional groups attached to an aromatic ring is 1. The van der Waals surface area contributed by atoms with Gasteiger partial charge in [0.2, 0.25) is 0 Å². The first-order chi connectivity index (χ1) is 9.79. The van der Waals surface area contributed by atoms with E-state index in [1.807, 2.05) is 18.2 Å². The lowest BCUT2D eigenvalue weighted by molar-refractivity contribution is 0.488. The van der Waals surface area contributed by atoms with Crippen LogP contribution in [0.15, 0.2) is 52.1 Å². The van der Waals surface area contributed by atoms with Crippen LogP contribution in [0.5, 0.6) is 0 Å². The first kappa shape index (κ1) is 11.9. The Balaban J connectivity index is 1.49. The summed E-state index contributed by atoms with van der Waals surface area (Å²) in [6.45, 7) is 0. The largest absolute Gasteiger partial charge is 0.431 e. The predicted octanol–water partition coefficient (Wildman–Crippen LogP) is 3.84. The Labute approximate surface area is 121 Å². The van der Waals surface area contributed by atoms with E-state index in [0.717, 1.165) is 34.2 Å². The lowest BCUT2D eigenvalue weighted by Gasteiger charge is -2.29. The predicted molar refractivity (Wildman–Crippen MR) is 82.0 cm³/mol. The highest BCUT2D eigenvalue weighted by Gasteiger charge is 2.25. The van der Waals surface area contributed by atoms with E-state index in [9.17, 15) is 0 Å². The zero-order valence-corrected chi connectivity index (χ0v) is 11.7. The fraction of sp³-hybridized carbons (Fsp3) is 0.188. The van der Waals surface area contributed by atoms with Crippen LogP contribution in [0.3, 0.4) is 0 Å². The van der Waals surface area contributed by atoms with Crippen molar-refractivity contribution in [3.63, 3.8) is 0 Å². The van der Waals surface area contributed by atoms with Gasteiger partial charge in [-0.3, -0.25) is 0 Å². The minimum atomic E-state index is 0.622. The number of benzene rings is 2. The molecule has 0 spiro atoms. The normalized spacial score (nSPS) is 16.9. The molecule has 0 saturated heterocycles. The number of hydrogen-bond acceptors (Lipinski definition) is 4. The third kappa shape index (κ3) is 1.96. The van der Waals surface area contributed by atoms with E-state index < -0.39 is 0 Å². The van der Waals surface area contributed by atoms with E-state index >= 15 is 0 Å². The summed E-state index contributed by atoms with van der Waals surface area (Å²) in [5, 5.41) is 0.731. The summed E-state index contributed by atoms with van der Waals surface area (Å²) in [6.07, 6.45) is 1.16. The van der Waals surface area contributed by atoms with Gasteiger partial charge in [-0.15, -0.1) is 0 Å². The van der Waals surface area contributed by atoms with Crippen LogP contribution < -0.4 is 5.73 Å². The van der Waals surface area contributed by atoms with Crippen LogP contribution in [-0.2, 0) is 6.42 Å². The quantitative estimate of drug-likeness (QED) is 0.585. The summed E-state index contributed by atoms with van der Waals surface area (Å²) in [4.78, 5) is 4.48. The van der Waals surface area contributed by atoms with E-state index in [1.54, 1.807) is 11.8 Å². The summed E-state index contributed by atoms with van der Waals surface area (Å²) in [6, 6.07) is 14.2. The summed E-state index contributed by atoms with van der Waals surface area (Å²) < 4.78 is 5.73. The molecule has 0 saturated carbocycles. The molecule has 0 amide bonds. The van der Waals surface area contributed by atoms with Gasteiger partial charge < -0.3 is 10.2 Å². The maximum absolute atomic E-state index is 5.75. The molecule has 4 rings (SSSR count). The summed E-state index contributed by atoms with van der Waals surface area (Å²) in [5.74, 6) is 1.63. The minimum Gasteiger partial charge on any atom is -0.431 e. The zero-order valence-electron chi connectivity index (χ0n) is 10.9. The van der Waals surface area contributed by atoms with Gasteiger partial charge in [0, 0.05) is 11.4 Å². The summed E-state index contributed by atoms with van der Waals surface area (Å²) >= 11 is 1.68. The first-order valence-electron chi connectivity index (χ1n) is 6.66. The maximum atomic E-state index is 5.75. The second-order valence-electron chi connectivity index (χ2n) is 5.12. The molecule has 1 aromatic heterocycles. The molecule has 2 N–H and O–H groups in total. The van der Waals surface area contributed by atoms with Crippen molar-refractivity contribution in [3.8, 4) is 0 Å². The van der Waals surface area contributed by atoms with Gasteiger partial charge in [-0.05, 0) is 41.7 Å². The molecule has 100 valence electrons. The Morgan fingerprint density at radius 3 is 3.05 bits per heavy atom. The molecule has 1 aliphatic rings. The van der Waals surface area contributed by atoms with Gasteiger partial charge in [-0.1, -0.05) is 36.0 Å². The minimum absolute atomic E-state index is 0.622. The van der Waals surface area contributed by atoms with Crippen molar-refractivity contribution in [2.24, 2.45) is 0 Å². The van der Waals surface area contributed by atoms with Gasteiger partial charge in [0.25, 0.3) is 5.22 Å². The van der Waals surface area contributed by atoms with Gasteiger partial charge in [0.15, 0.2) is 5.58 Å². The monoisotopic (exact) mass is 282 g/mol. The third-order valence-electron chi connectivity index (χ3n) is 3.76. The van der Waals surface area contributed by atoms with E-state index in [1.165, 1.54) is 11.1 Å². The fourth-order valence-corrected chi connectivity index (χ4v) is 3.62. The van der Waals surface area contributed by atoms with Crippen LogP contribution in [-0.4, -0.2) is 10.7 Å². The molecule has 4 heteroatoms. The van der Waals surface area contributed by atoms with Crippen LogP contribution in [0.1, 0.15) is 17.0 Å². The number of nitrogens with zero attached hydrogens (tertiary/aromatic N) is 1. The van der Waals surface area contributed by atoms with Gasteiger partial charge in [-0.2, -0.15) is 0 Å². The molecule has 0 bridgehead atoms. The molecule has 1 unspecified atom stereocenters. The second kappa shape index (κ2) is 4.56. The van der Waals surface area contributed by atoms with Crippen molar-refractivity contribution in [1.82, 2.24) is 4.98 Å². The number of thioether (sulfide) groups is 1. The van der Waals surface area contributed by atoms with Crippen molar-refractivity contribution in [2.75, 3.05) is 11.5 Å². The Morgan fingerprint density at radius 2 is 2.15 bits per heavy atom. The molecule has 3 aromatic rings. The van der Waals surface area contributed by atoms with E-state index in [0.29, 0.717) is 5.92 Å². The lowest BCUT2D eigenvalue weighted by atomic mass is 9.79. The molecular formula is C16H14N2OS. The molecule has 1 heterocycles. The smallest absolute Gasteiger partial charge is 0.256 e. The Bertz CT molecular complexity index is 781. The SMILES string of the molecule is Nc1ccc2oc(SCC3Cc4ccccc43)nc2c1. The highest BCUT2D eigenvalue weighted by atomic mass is 32.2. The molecule has 1 aliphatic carbocycles. The molecule has 20 heavy (non-hydrogen) atoms. The van der Waals surface area contributed by atoms with E-state index in [4.69, 9.17) is 10.2 Å². The van der Waals surface area contributed by atoms with Crippen molar-refractivity contribution in [3.05, 3.63) is 53.6 Å². The molecular weight excluding hydrogens is 268 g/mol. The first-order valence-corrected chi connectivity index (χ1v) is 7.65. The second-order valence-corrected chi connectivity index (χ2v) is 6.09. The third-order valence-corrected chi connectivity index (χ3v) is 4.75.